The molecule has 4 atom stereocenters. The number of rotatable bonds is 5. The van der Waals surface area contributed by atoms with Gasteiger partial charge in [-0.3, -0.25) is 14.4 Å². The highest BCUT2D eigenvalue weighted by Crippen LogP contribution is 2.75. The predicted octanol–water partition coefficient (Wildman–Crippen LogP) is 6.10. The molecule has 3 aromatic rings. The highest BCUT2D eigenvalue weighted by Gasteiger charge is 2.80. The summed E-state index contributed by atoms with van der Waals surface area (Å²) in [4.78, 5) is 44.6. The number of benzene rings is 3. The number of carbonyl (C=O) groups excluding carboxylic acids is 3. The molecule has 2 amide bonds. The number of imide groups is 1. The van der Waals surface area contributed by atoms with Gasteiger partial charge in [-0.05, 0) is 53.7 Å². The maximum atomic E-state index is 14.7. The minimum Gasteiger partial charge on any atom is -0.298 e. The van der Waals surface area contributed by atoms with Crippen molar-refractivity contribution in [2.75, 3.05) is 4.90 Å². The normalized spacial score (nSPS) is 28.9. The number of amides is 2. The second-order valence-corrected chi connectivity index (χ2v) is 10.2. The van der Waals surface area contributed by atoms with E-state index < -0.39 is 22.7 Å². The van der Waals surface area contributed by atoms with E-state index in [1.165, 1.54) is 4.90 Å². The van der Waals surface area contributed by atoms with Gasteiger partial charge in [-0.15, -0.1) is 0 Å². The van der Waals surface area contributed by atoms with E-state index in [1.807, 2.05) is 106 Å². The van der Waals surface area contributed by atoms with Crippen molar-refractivity contribution in [1.82, 2.24) is 0 Å². The fraction of sp³-hybridized carbons (Fsp3) is 0.281. The van der Waals surface area contributed by atoms with Crippen molar-refractivity contribution in [3.63, 3.8) is 0 Å². The smallest absolute Gasteiger partial charge is 0.239 e. The monoisotopic (exact) mass is 475 g/mol. The molecule has 6 rings (SSSR count). The fourth-order valence-corrected chi connectivity index (χ4v) is 7.51. The molecule has 2 aliphatic carbocycles. The summed E-state index contributed by atoms with van der Waals surface area (Å²) in [5.74, 6) is -1.86. The molecule has 4 heteroatoms. The largest absolute Gasteiger partial charge is 0.298 e. The second kappa shape index (κ2) is 7.86. The molecule has 2 fully saturated rings. The van der Waals surface area contributed by atoms with Gasteiger partial charge < -0.3 is 0 Å². The molecule has 3 aromatic carbocycles. The van der Waals surface area contributed by atoms with Gasteiger partial charge in [0.1, 0.15) is 0 Å². The number of para-hydroxylation sites is 1. The first kappa shape index (κ1) is 22.7. The Kier molecular flexibility index (Phi) is 4.95. The third kappa shape index (κ3) is 2.52. The molecule has 1 saturated carbocycles. The van der Waals surface area contributed by atoms with E-state index in [2.05, 4.69) is 0 Å². The summed E-state index contributed by atoms with van der Waals surface area (Å²) in [6.07, 6.45) is 0.936. The molecular formula is C32H29NO3. The molecule has 1 saturated heterocycles. The molecule has 1 heterocycles. The predicted molar refractivity (Wildman–Crippen MR) is 141 cm³/mol. The Morgan fingerprint density at radius 2 is 1.06 bits per heavy atom. The van der Waals surface area contributed by atoms with E-state index in [9.17, 15) is 14.4 Å². The summed E-state index contributed by atoms with van der Waals surface area (Å²) in [6.45, 7) is 5.90. The second-order valence-electron chi connectivity index (χ2n) is 10.2. The Bertz CT molecular complexity index is 1350. The van der Waals surface area contributed by atoms with Crippen molar-refractivity contribution in [3.05, 3.63) is 102 Å². The Hall–Kier alpha value is -3.79. The molecule has 4 nitrogen and oxygen atoms in total. The van der Waals surface area contributed by atoms with Crippen LogP contribution in [0, 0.1) is 29.6 Å². The van der Waals surface area contributed by atoms with Crippen molar-refractivity contribution < 1.29 is 14.4 Å². The summed E-state index contributed by atoms with van der Waals surface area (Å²) >= 11 is 0. The minimum absolute atomic E-state index is 0.0406. The molecule has 0 N–H and O–H groups in total. The summed E-state index contributed by atoms with van der Waals surface area (Å²) in [5, 5.41) is 0. The molecule has 2 bridgehead atoms. The lowest BCUT2D eigenvalue weighted by molar-refractivity contribution is -0.134. The number of carbonyl (C=O) groups is 3. The van der Waals surface area contributed by atoms with Crippen LogP contribution in [0.2, 0.25) is 0 Å². The van der Waals surface area contributed by atoms with E-state index in [4.69, 9.17) is 0 Å². The van der Waals surface area contributed by atoms with Gasteiger partial charge in [0.05, 0.1) is 28.4 Å². The average Bonchev–Trinajstić information content (AvgIpc) is 3.41. The number of allylic oxidation sites excluding steroid dienone is 2. The SMILES string of the molecule is CCC12C(=O)C(CC)(C(c3ccccc3)=C1c1ccccc1)C1C(=O)N(c3ccccc3C)C(=O)C12. The van der Waals surface area contributed by atoms with Crippen LogP contribution >= 0.6 is 0 Å². The Balaban J connectivity index is 1.69. The molecule has 3 aliphatic rings. The van der Waals surface area contributed by atoms with Gasteiger partial charge in [0, 0.05) is 0 Å². The number of aryl methyl sites for hydroxylation is 1. The van der Waals surface area contributed by atoms with E-state index in [0.29, 0.717) is 18.5 Å². The van der Waals surface area contributed by atoms with Gasteiger partial charge in [0.15, 0.2) is 5.78 Å². The van der Waals surface area contributed by atoms with Crippen LogP contribution in [0.5, 0.6) is 0 Å². The summed E-state index contributed by atoms with van der Waals surface area (Å²) in [5.41, 5.74) is 3.16. The number of fused-ring (bicyclic) bond motifs is 5. The Morgan fingerprint density at radius 1 is 0.639 bits per heavy atom. The summed E-state index contributed by atoms with van der Waals surface area (Å²) in [6, 6.07) is 27.4. The zero-order valence-electron chi connectivity index (χ0n) is 20.8. The Morgan fingerprint density at radius 3 is 1.47 bits per heavy atom. The number of nitrogens with zero attached hydrogens (tertiary/aromatic N) is 1. The first-order chi connectivity index (χ1) is 17.4. The van der Waals surface area contributed by atoms with Crippen LogP contribution in [0.25, 0.3) is 11.1 Å². The van der Waals surface area contributed by atoms with Crippen molar-refractivity contribution in [2.45, 2.75) is 33.6 Å². The Labute approximate surface area is 211 Å². The van der Waals surface area contributed by atoms with Gasteiger partial charge in [-0.25, -0.2) is 4.90 Å². The first-order valence-electron chi connectivity index (χ1n) is 12.8. The molecule has 36 heavy (non-hydrogen) atoms. The van der Waals surface area contributed by atoms with Crippen LogP contribution in [0.15, 0.2) is 84.9 Å². The zero-order chi connectivity index (χ0) is 25.2. The molecular weight excluding hydrogens is 446 g/mol. The third-order valence-corrected chi connectivity index (χ3v) is 8.92. The van der Waals surface area contributed by atoms with E-state index >= 15 is 0 Å². The number of hydrogen-bond acceptors (Lipinski definition) is 3. The highest BCUT2D eigenvalue weighted by atomic mass is 16.2. The van der Waals surface area contributed by atoms with Gasteiger partial charge in [0.2, 0.25) is 11.8 Å². The minimum atomic E-state index is -1.04. The maximum absolute atomic E-state index is 14.7. The molecule has 180 valence electrons. The number of anilines is 1. The number of Topliss-reactive ketones (excluding diaryl/α,β-unsaturated/α-hetero) is 1. The molecule has 1 aliphatic heterocycles. The van der Waals surface area contributed by atoms with Gasteiger partial charge in [0.25, 0.3) is 0 Å². The molecule has 0 radical (unpaired) electrons. The van der Waals surface area contributed by atoms with Gasteiger partial charge >= 0.3 is 0 Å². The van der Waals surface area contributed by atoms with Gasteiger partial charge in [-0.1, -0.05) is 92.7 Å². The highest BCUT2D eigenvalue weighted by molar-refractivity contribution is 6.34. The van der Waals surface area contributed by atoms with E-state index in [-0.39, 0.29) is 17.6 Å². The fourth-order valence-electron chi connectivity index (χ4n) is 7.51. The van der Waals surface area contributed by atoms with Crippen LogP contribution in [0.3, 0.4) is 0 Å². The lowest BCUT2D eigenvalue weighted by atomic mass is 9.60. The van der Waals surface area contributed by atoms with Crippen LogP contribution in [0.1, 0.15) is 43.4 Å². The third-order valence-electron chi connectivity index (χ3n) is 8.92. The van der Waals surface area contributed by atoms with Crippen molar-refractivity contribution in [2.24, 2.45) is 22.7 Å². The van der Waals surface area contributed by atoms with E-state index in [1.54, 1.807) is 0 Å². The van der Waals surface area contributed by atoms with E-state index in [0.717, 1.165) is 27.8 Å². The van der Waals surface area contributed by atoms with Crippen molar-refractivity contribution >= 4 is 34.4 Å². The van der Waals surface area contributed by atoms with Crippen molar-refractivity contribution in [3.8, 4) is 0 Å². The number of hydrogen-bond donors (Lipinski definition) is 0. The lowest BCUT2D eigenvalue weighted by Crippen LogP contribution is -2.42. The van der Waals surface area contributed by atoms with Crippen LogP contribution in [-0.2, 0) is 14.4 Å². The quantitative estimate of drug-likeness (QED) is 0.419. The standard InChI is InChI=1S/C32H29NO3/c1-4-31-24(21-15-8-6-9-16-21)25(22-17-10-7-11-18-22)32(5-2,30(31)36)27-26(31)28(34)33(29(27)35)23-19-13-12-14-20(23)3/h6-19,26-27H,4-5H2,1-3H3. The van der Waals surface area contributed by atoms with Crippen LogP contribution in [-0.4, -0.2) is 17.6 Å². The number of ketones is 1. The summed E-state index contributed by atoms with van der Waals surface area (Å²) < 4.78 is 0. The average molecular weight is 476 g/mol. The molecule has 0 aromatic heterocycles. The van der Waals surface area contributed by atoms with Crippen LogP contribution < -0.4 is 4.90 Å². The van der Waals surface area contributed by atoms with Gasteiger partial charge in [-0.2, -0.15) is 0 Å². The topological polar surface area (TPSA) is 54.5 Å². The maximum Gasteiger partial charge on any atom is 0.239 e. The summed E-state index contributed by atoms with van der Waals surface area (Å²) in [7, 11) is 0. The lowest BCUT2D eigenvalue weighted by Gasteiger charge is -2.38. The zero-order valence-corrected chi connectivity index (χ0v) is 20.8. The van der Waals surface area contributed by atoms with Crippen LogP contribution in [0.4, 0.5) is 5.69 Å². The molecule has 0 spiro atoms. The van der Waals surface area contributed by atoms with Crippen molar-refractivity contribution in [1.29, 1.82) is 0 Å². The first-order valence-corrected chi connectivity index (χ1v) is 12.8. The molecule has 4 unspecified atom stereocenters.